The number of carbonyl (C=O) groups is 1. The van der Waals surface area contributed by atoms with Crippen molar-refractivity contribution in [2.75, 3.05) is 0 Å². The van der Waals surface area contributed by atoms with E-state index in [-0.39, 0.29) is 5.97 Å². The highest BCUT2D eigenvalue weighted by molar-refractivity contribution is 5.66. The molecule has 0 amide bonds. The zero-order valence-electron chi connectivity index (χ0n) is 10.7. The number of carbonyl (C=O) groups excluding carboxylic acids is 2. The lowest BCUT2D eigenvalue weighted by molar-refractivity contribution is -0.369. The number of allylic oxidation sites excluding steroid dienone is 4. The Morgan fingerprint density at radius 3 is 2.83 bits per heavy atom. The molecular weight excluding hydrogens is 224 g/mol. The maximum Gasteiger partial charge on any atom is 0.579 e. The van der Waals surface area contributed by atoms with E-state index in [1.807, 2.05) is 18.2 Å². The van der Waals surface area contributed by atoms with Gasteiger partial charge in [0, 0.05) is 17.6 Å². The van der Waals surface area contributed by atoms with Crippen LogP contribution in [0.25, 0.3) is 0 Å². The Bertz CT molecular complexity index is 397. The standard InChI is InChI=1S/C16H19O2/c1-3-4-5-6-7-8-9-10-11-12-13-14-15-16(17)18-2/h1,6-9H,2,4-5,12-15H2/q+1/b7-6+,9-8+. The van der Waals surface area contributed by atoms with E-state index in [1.54, 1.807) is 6.08 Å². The lowest BCUT2D eigenvalue weighted by atomic mass is 10.2. The van der Waals surface area contributed by atoms with Crippen LogP contribution in [-0.4, -0.2) is 12.8 Å². The van der Waals surface area contributed by atoms with Crippen LogP contribution in [0.1, 0.15) is 38.5 Å². The summed E-state index contributed by atoms with van der Waals surface area (Å²) in [7, 11) is 0. The number of terminal acetylenes is 1. The van der Waals surface area contributed by atoms with Crippen molar-refractivity contribution in [3.63, 3.8) is 0 Å². The molecule has 18 heavy (non-hydrogen) atoms. The van der Waals surface area contributed by atoms with Crippen molar-refractivity contribution in [2.45, 2.75) is 38.5 Å². The predicted octanol–water partition coefficient (Wildman–Crippen LogP) is 2.97. The molecule has 2 nitrogen and oxygen atoms in total. The van der Waals surface area contributed by atoms with Gasteiger partial charge in [-0.05, 0) is 25.3 Å². The first-order valence-corrected chi connectivity index (χ1v) is 5.99. The summed E-state index contributed by atoms with van der Waals surface area (Å²) < 4.78 is 4.29. The molecule has 0 bridgehead atoms. The fourth-order valence-corrected chi connectivity index (χ4v) is 1.13. The van der Waals surface area contributed by atoms with Gasteiger partial charge >= 0.3 is 5.97 Å². The first-order chi connectivity index (χ1) is 8.81. The molecule has 0 atom stereocenters. The second kappa shape index (κ2) is 13.0. The van der Waals surface area contributed by atoms with Gasteiger partial charge in [0.25, 0.3) is 0 Å². The Morgan fingerprint density at radius 2 is 2.11 bits per heavy atom. The van der Waals surface area contributed by atoms with Crippen LogP contribution in [0.3, 0.4) is 0 Å². The first-order valence-electron chi connectivity index (χ1n) is 5.99. The average Bonchev–Trinajstić information content (AvgIpc) is 2.39. The largest absolute Gasteiger partial charge is 0.579 e. The van der Waals surface area contributed by atoms with Gasteiger partial charge in [0.05, 0.1) is 0 Å². The number of hydrogen-bond donors (Lipinski definition) is 0. The van der Waals surface area contributed by atoms with Crippen molar-refractivity contribution < 1.29 is 9.22 Å². The van der Waals surface area contributed by atoms with E-state index in [2.05, 4.69) is 29.0 Å². The van der Waals surface area contributed by atoms with Crippen LogP contribution in [0, 0.1) is 24.2 Å². The third-order valence-corrected chi connectivity index (χ3v) is 2.08. The molecule has 0 aromatic carbocycles. The molecule has 94 valence electrons. The van der Waals surface area contributed by atoms with Gasteiger partial charge in [-0.15, -0.1) is 12.3 Å². The van der Waals surface area contributed by atoms with Crippen LogP contribution >= 0.6 is 0 Å². The van der Waals surface area contributed by atoms with Crippen LogP contribution in [0.5, 0.6) is 0 Å². The van der Waals surface area contributed by atoms with Gasteiger partial charge in [0.1, 0.15) is 6.42 Å². The van der Waals surface area contributed by atoms with Crippen molar-refractivity contribution in [3.05, 3.63) is 24.3 Å². The van der Waals surface area contributed by atoms with Crippen molar-refractivity contribution in [1.29, 1.82) is 0 Å². The number of hydrogen-bond acceptors (Lipinski definition) is 1. The van der Waals surface area contributed by atoms with Gasteiger partial charge in [-0.1, -0.05) is 30.1 Å². The molecule has 0 aromatic heterocycles. The molecule has 0 radical (unpaired) electrons. The van der Waals surface area contributed by atoms with Crippen molar-refractivity contribution in [1.82, 2.24) is 0 Å². The molecule has 0 aliphatic carbocycles. The van der Waals surface area contributed by atoms with Crippen molar-refractivity contribution in [3.8, 4) is 24.2 Å². The van der Waals surface area contributed by atoms with E-state index in [9.17, 15) is 4.79 Å². The molecule has 0 spiro atoms. The Hall–Kier alpha value is -2.06. The van der Waals surface area contributed by atoms with Crippen molar-refractivity contribution in [2.24, 2.45) is 0 Å². The Balaban J connectivity index is 3.52. The SMILES string of the molecule is C#CCC/C=C/C=C/C#CCCCCC(=O)[O+]=C. The average molecular weight is 243 g/mol. The zero-order valence-corrected chi connectivity index (χ0v) is 10.7. The summed E-state index contributed by atoms with van der Waals surface area (Å²) in [5.74, 6) is 8.24. The zero-order chi connectivity index (χ0) is 13.5. The maximum absolute atomic E-state index is 10.7. The summed E-state index contributed by atoms with van der Waals surface area (Å²) in [5, 5.41) is 0. The molecule has 0 aliphatic rings. The third-order valence-electron chi connectivity index (χ3n) is 2.08. The molecular formula is C16H19O2+. The van der Waals surface area contributed by atoms with E-state index in [0.717, 1.165) is 32.1 Å². The van der Waals surface area contributed by atoms with Crippen LogP contribution in [-0.2, 0) is 9.22 Å². The molecule has 0 saturated carbocycles. The molecule has 0 aromatic rings. The van der Waals surface area contributed by atoms with E-state index in [0.29, 0.717) is 6.42 Å². The molecule has 0 saturated heterocycles. The maximum atomic E-state index is 10.7. The quantitative estimate of drug-likeness (QED) is 0.292. The van der Waals surface area contributed by atoms with Gasteiger partial charge in [-0.3, -0.25) is 4.42 Å². The molecule has 0 unspecified atom stereocenters. The van der Waals surface area contributed by atoms with Gasteiger partial charge in [0.2, 0.25) is 0 Å². The van der Waals surface area contributed by atoms with E-state index in [4.69, 9.17) is 6.42 Å². The number of unbranched alkanes of at least 4 members (excludes halogenated alkanes) is 3. The lowest BCUT2D eigenvalue weighted by Crippen LogP contribution is -1.95. The first kappa shape index (κ1) is 15.9. The van der Waals surface area contributed by atoms with Gasteiger partial charge in [0.15, 0.2) is 6.79 Å². The lowest BCUT2D eigenvalue weighted by Gasteiger charge is -1.86. The third kappa shape index (κ3) is 12.0. The van der Waals surface area contributed by atoms with E-state index < -0.39 is 0 Å². The normalized spacial score (nSPS) is 9.94. The van der Waals surface area contributed by atoms with E-state index in [1.165, 1.54) is 0 Å². The highest BCUT2D eigenvalue weighted by Gasteiger charge is 2.09. The second-order valence-corrected chi connectivity index (χ2v) is 3.57. The van der Waals surface area contributed by atoms with Crippen molar-refractivity contribution >= 4 is 12.8 Å². The molecule has 0 aliphatic heterocycles. The Labute approximate surface area is 109 Å². The van der Waals surface area contributed by atoms with Crippen LogP contribution in [0.4, 0.5) is 0 Å². The van der Waals surface area contributed by atoms with Crippen LogP contribution in [0.15, 0.2) is 24.3 Å². The molecule has 0 rings (SSSR count). The Kier molecular flexibility index (Phi) is 11.5. The fourth-order valence-electron chi connectivity index (χ4n) is 1.13. The second-order valence-electron chi connectivity index (χ2n) is 3.57. The summed E-state index contributed by atoms with van der Waals surface area (Å²) in [4.78, 5) is 10.7. The fraction of sp³-hybridized carbons (Fsp3) is 0.375. The Morgan fingerprint density at radius 1 is 1.28 bits per heavy atom. The summed E-state index contributed by atoms with van der Waals surface area (Å²) in [5.41, 5.74) is 0. The van der Waals surface area contributed by atoms with Crippen LogP contribution in [0.2, 0.25) is 0 Å². The molecule has 2 heteroatoms. The highest BCUT2D eigenvalue weighted by atomic mass is 16.4. The predicted molar refractivity (Wildman–Crippen MR) is 74.7 cm³/mol. The summed E-state index contributed by atoms with van der Waals surface area (Å²) in [6.07, 6.45) is 17.3. The minimum Gasteiger partial charge on any atom is -0.288 e. The van der Waals surface area contributed by atoms with Gasteiger partial charge in [-0.2, -0.15) is 0 Å². The highest BCUT2D eigenvalue weighted by Crippen LogP contribution is 1.98. The molecule has 0 N–H and O–H groups in total. The summed E-state index contributed by atoms with van der Waals surface area (Å²) in [6, 6.07) is 0. The minimum absolute atomic E-state index is 0.264. The monoisotopic (exact) mass is 243 g/mol. The smallest absolute Gasteiger partial charge is 0.288 e. The van der Waals surface area contributed by atoms with Gasteiger partial charge < -0.3 is 0 Å². The molecule has 0 fully saturated rings. The van der Waals surface area contributed by atoms with E-state index >= 15 is 0 Å². The number of rotatable bonds is 7. The minimum atomic E-state index is -0.264. The van der Waals surface area contributed by atoms with Gasteiger partial charge in [-0.25, -0.2) is 0 Å². The topological polar surface area (TPSA) is 28.4 Å². The molecule has 0 heterocycles. The summed E-state index contributed by atoms with van der Waals surface area (Å²) in [6.45, 7) is 3.06. The van der Waals surface area contributed by atoms with Crippen LogP contribution < -0.4 is 0 Å². The summed E-state index contributed by atoms with van der Waals surface area (Å²) >= 11 is 0.